The van der Waals surface area contributed by atoms with Crippen LogP contribution >= 0.6 is 0 Å². The average Bonchev–Trinajstić information content (AvgIpc) is 2.33. The maximum Gasteiger partial charge on any atom is 0.0266 e. The number of nitrogens with one attached hydrogen (secondary N) is 1. The maximum absolute atomic E-state index is 3.23. The van der Waals surface area contributed by atoms with E-state index in [0.717, 1.165) is 12.0 Å². The third-order valence-electron chi connectivity index (χ3n) is 2.36. The van der Waals surface area contributed by atoms with Crippen LogP contribution in [0.25, 0.3) is 0 Å². The number of hydrazine groups is 1. The summed E-state index contributed by atoms with van der Waals surface area (Å²) in [5.74, 6) is 0.787. The lowest BCUT2D eigenvalue weighted by Crippen LogP contribution is -2.41. The largest absolute Gasteiger partial charge is 0.258 e. The van der Waals surface area contributed by atoms with E-state index >= 15 is 0 Å². The number of hydrogen-bond donors (Lipinski definition) is 1. The van der Waals surface area contributed by atoms with Gasteiger partial charge in [-0.1, -0.05) is 13.8 Å². The molecule has 0 amide bonds. The molecule has 1 N–H and O–H groups in total. The van der Waals surface area contributed by atoms with E-state index in [1.165, 1.54) is 19.4 Å². The van der Waals surface area contributed by atoms with E-state index in [1.807, 2.05) is 7.05 Å². The van der Waals surface area contributed by atoms with Gasteiger partial charge in [0, 0.05) is 12.6 Å². The molecule has 10 heavy (non-hydrogen) atoms. The van der Waals surface area contributed by atoms with Crippen LogP contribution < -0.4 is 5.43 Å². The highest BCUT2D eigenvalue weighted by Crippen LogP contribution is 2.20. The van der Waals surface area contributed by atoms with Gasteiger partial charge in [0.2, 0.25) is 0 Å². The van der Waals surface area contributed by atoms with Crippen molar-refractivity contribution in [1.29, 1.82) is 0 Å². The first-order valence-corrected chi connectivity index (χ1v) is 4.19. The molecule has 0 saturated carbocycles. The van der Waals surface area contributed by atoms with E-state index in [4.69, 9.17) is 0 Å². The second-order valence-electron chi connectivity index (χ2n) is 3.37. The van der Waals surface area contributed by atoms with Gasteiger partial charge in [0.25, 0.3) is 0 Å². The van der Waals surface area contributed by atoms with Crippen molar-refractivity contribution in [1.82, 2.24) is 10.4 Å². The fourth-order valence-corrected chi connectivity index (χ4v) is 1.76. The van der Waals surface area contributed by atoms with E-state index in [2.05, 4.69) is 24.3 Å². The zero-order chi connectivity index (χ0) is 7.56. The molecular formula is C8H18N2. The van der Waals surface area contributed by atoms with Crippen molar-refractivity contribution in [3.05, 3.63) is 0 Å². The summed E-state index contributed by atoms with van der Waals surface area (Å²) in [5, 5.41) is 2.35. The summed E-state index contributed by atoms with van der Waals surface area (Å²) in [5.41, 5.74) is 3.23. The maximum atomic E-state index is 3.23. The molecule has 1 fully saturated rings. The second-order valence-corrected chi connectivity index (χ2v) is 3.37. The summed E-state index contributed by atoms with van der Waals surface area (Å²) in [4.78, 5) is 0. The van der Waals surface area contributed by atoms with Gasteiger partial charge in [0.1, 0.15) is 0 Å². The molecule has 1 rings (SSSR count). The van der Waals surface area contributed by atoms with Crippen molar-refractivity contribution in [2.45, 2.75) is 32.7 Å². The third-order valence-corrected chi connectivity index (χ3v) is 2.36. The zero-order valence-electron chi connectivity index (χ0n) is 7.22. The standard InChI is InChI=1S/C8H18N2/c1-7(2)8-5-4-6-10(8)9-3/h7-9H,4-6H2,1-3H3. The summed E-state index contributed by atoms with van der Waals surface area (Å²) >= 11 is 0. The predicted octanol–water partition coefficient (Wildman–Crippen LogP) is 1.24. The minimum Gasteiger partial charge on any atom is -0.258 e. The highest BCUT2D eigenvalue weighted by Gasteiger charge is 2.25. The Kier molecular flexibility index (Phi) is 2.69. The van der Waals surface area contributed by atoms with Gasteiger partial charge >= 0.3 is 0 Å². The number of hydrogen-bond acceptors (Lipinski definition) is 2. The fraction of sp³-hybridized carbons (Fsp3) is 1.00. The van der Waals surface area contributed by atoms with Crippen LogP contribution in [0.2, 0.25) is 0 Å². The molecule has 1 saturated heterocycles. The van der Waals surface area contributed by atoms with E-state index in [0.29, 0.717) is 0 Å². The lowest BCUT2D eigenvalue weighted by Gasteiger charge is -2.26. The summed E-state index contributed by atoms with van der Waals surface area (Å²) in [7, 11) is 2.01. The van der Waals surface area contributed by atoms with Gasteiger partial charge in [0.15, 0.2) is 0 Å². The van der Waals surface area contributed by atoms with Crippen LogP contribution in [0.15, 0.2) is 0 Å². The number of rotatable bonds is 2. The summed E-state index contributed by atoms with van der Waals surface area (Å²) < 4.78 is 0. The monoisotopic (exact) mass is 142 g/mol. The Morgan fingerprint density at radius 1 is 1.50 bits per heavy atom. The SMILES string of the molecule is CNN1CCCC1C(C)C. The van der Waals surface area contributed by atoms with Crippen molar-refractivity contribution < 1.29 is 0 Å². The van der Waals surface area contributed by atoms with Crippen molar-refractivity contribution in [3.8, 4) is 0 Å². The molecule has 1 aliphatic heterocycles. The Morgan fingerprint density at radius 3 is 2.60 bits per heavy atom. The quantitative estimate of drug-likeness (QED) is 0.624. The Balaban J connectivity index is 2.42. The average molecular weight is 142 g/mol. The fourth-order valence-electron chi connectivity index (χ4n) is 1.76. The van der Waals surface area contributed by atoms with E-state index in [9.17, 15) is 0 Å². The van der Waals surface area contributed by atoms with Gasteiger partial charge in [-0.05, 0) is 25.8 Å². The first kappa shape index (κ1) is 8.02. The third kappa shape index (κ3) is 1.50. The van der Waals surface area contributed by atoms with E-state index in [-0.39, 0.29) is 0 Å². The Hall–Kier alpha value is -0.0800. The van der Waals surface area contributed by atoms with Gasteiger partial charge in [-0.25, -0.2) is 5.01 Å². The molecule has 0 aliphatic carbocycles. The number of nitrogens with zero attached hydrogens (tertiary/aromatic N) is 1. The molecule has 1 unspecified atom stereocenters. The van der Waals surface area contributed by atoms with Crippen LogP contribution in [0.1, 0.15) is 26.7 Å². The molecule has 2 heteroatoms. The molecule has 0 spiro atoms. The predicted molar refractivity (Wildman–Crippen MR) is 43.6 cm³/mol. The first-order chi connectivity index (χ1) is 4.75. The Bertz CT molecular complexity index is 101. The van der Waals surface area contributed by atoms with Crippen molar-refractivity contribution in [3.63, 3.8) is 0 Å². The molecule has 0 radical (unpaired) electrons. The molecule has 0 aromatic heterocycles. The van der Waals surface area contributed by atoms with Crippen LogP contribution in [0.3, 0.4) is 0 Å². The van der Waals surface area contributed by atoms with Crippen LogP contribution in [0.5, 0.6) is 0 Å². The van der Waals surface area contributed by atoms with Gasteiger partial charge in [0.05, 0.1) is 0 Å². The minimum atomic E-state index is 0.769. The summed E-state index contributed by atoms with van der Waals surface area (Å²) in [6, 6.07) is 0.769. The second kappa shape index (κ2) is 3.35. The van der Waals surface area contributed by atoms with Crippen LogP contribution in [-0.2, 0) is 0 Å². The molecule has 60 valence electrons. The molecule has 0 aromatic carbocycles. The van der Waals surface area contributed by atoms with Gasteiger partial charge < -0.3 is 0 Å². The summed E-state index contributed by atoms with van der Waals surface area (Å²) in [6.07, 6.45) is 2.71. The lowest BCUT2D eigenvalue weighted by atomic mass is 10.0. The van der Waals surface area contributed by atoms with Crippen molar-refractivity contribution in [2.24, 2.45) is 5.92 Å². The van der Waals surface area contributed by atoms with Crippen LogP contribution in [-0.4, -0.2) is 24.6 Å². The molecule has 0 aromatic rings. The van der Waals surface area contributed by atoms with E-state index < -0.39 is 0 Å². The molecule has 2 nitrogen and oxygen atoms in total. The van der Waals surface area contributed by atoms with Gasteiger partial charge in [-0.15, -0.1) is 0 Å². The molecule has 1 aliphatic rings. The van der Waals surface area contributed by atoms with Gasteiger partial charge in [-0.3, -0.25) is 5.43 Å². The van der Waals surface area contributed by atoms with Crippen molar-refractivity contribution >= 4 is 0 Å². The van der Waals surface area contributed by atoms with E-state index in [1.54, 1.807) is 0 Å². The topological polar surface area (TPSA) is 15.3 Å². The van der Waals surface area contributed by atoms with Crippen LogP contribution in [0.4, 0.5) is 0 Å². The molecular weight excluding hydrogens is 124 g/mol. The first-order valence-electron chi connectivity index (χ1n) is 4.19. The smallest absolute Gasteiger partial charge is 0.0266 e. The molecule has 1 atom stereocenters. The molecule has 1 heterocycles. The Morgan fingerprint density at radius 2 is 2.20 bits per heavy atom. The Labute approximate surface area is 63.6 Å². The van der Waals surface area contributed by atoms with Crippen molar-refractivity contribution in [2.75, 3.05) is 13.6 Å². The normalized spacial score (nSPS) is 28.2. The lowest BCUT2D eigenvalue weighted by molar-refractivity contribution is 0.152. The molecule has 0 bridgehead atoms. The van der Waals surface area contributed by atoms with Gasteiger partial charge in [-0.2, -0.15) is 0 Å². The zero-order valence-corrected chi connectivity index (χ0v) is 7.22. The van der Waals surface area contributed by atoms with Crippen LogP contribution in [0, 0.1) is 5.92 Å². The highest BCUT2D eigenvalue weighted by atomic mass is 15.5. The minimum absolute atomic E-state index is 0.769. The summed E-state index contributed by atoms with van der Waals surface area (Å²) in [6.45, 7) is 5.81. The highest BCUT2D eigenvalue weighted by molar-refractivity contribution is 4.77.